The van der Waals surface area contributed by atoms with Gasteiger partial charge < -0.3 is 19.0 Å². The average Bonchev–Trinajstić information content (AvgIpc) is 3.51. The molecule has 0 aliphatic carbocycles. The minimum atomic E-state index is -2.01. The lowest BCUT2D eigenvalue weighted by molar-refractivity contribution is 0.0819. The summed E-state index contributed by atoms with van der Waals surface area (Å²) in [5.74, 6) is 0.423. The predicted molar refractivity (Wildman–Crippen MR) is 173 cm³/mol. The fraction of sp³-hybridized carbons (Fsp3) is 0.533. The van der Waals surface area contributed by atoms with Gasteiger partial charge in [0, 0.05) is 38.7 Å². The Hall–Kier alpha value is -2.76. The molecule has 2 aromatic heterocycles. The Balaban J connectivity index is 1.68. The molecule has 0 aliphatic heterocycles. The standard InChI is InChI=1S/C30H45ClN6O3Si2/c1-22(18-37-13-12-26(35-37)23-10-11-24(17-32)25(31)16-23)33-29(38)27-19-36(21-39-14-15-41(5,6)7)28(34-27)20-40-42(8,9)30(2,3)4/h10-13,16,19,22H,14-15,18,20-21H2,1-9H3,(H,33,38)/t22-/m0/s1. The van der Waals surface area contributed by atoms with Crippen molar-refractivity contribution >= 4 is 33.9 Å². The molecule has 3 aromatic rings. The lowest BCUT2D eigenvalue weighted by Gasteiger charge is -2.36. The number of hydrogen-bond acceptors (Lipinski definition) is 6. The smallest absolute Gasteiger partial charge is 0.271 e. The fourth-order valence-corrected chi connectivity index (χ4v) is 5.70. The number of carbonyl (C=O) groups is 1. The maximum absolute atomic E-state index is 13.2. The Morgan fingerprint density at radius 2 is 1.90 bits per heavy atom. The maximum atomic E-state index is 13.2. The normalized spacial score (nSPS) is 13.2. The van der Waals surface area contributed by atoms with Crippen LogP contribution in [0, 0.1) is 11.3 Å². The number of hydrogen-bond donors (Lipinski definition) is 1. The van der Waals surface area contributed by atoms with Crippen LogP contribution < -0.4 is 5.32 Å². The third-order valence-electron chi connectivity index (χ3n) is 7.55. The largest absolute Gasteiger partial charge is 0.409 e. The second-order valence-corrected chi connectivity index (χ2v) is 24.4. The number of benzene rings is 1. The zero-order valence-corrected chi connectivity index (χ0v) is 29.2. The number of carbonyl (C=O) groups excluding carboxylic acids is 1. The van der Waals surface area contributed by atoms with Crippen molar-refractivity contribution in [3.05, 3.63) is 58.8 Å². The van der Waals surface area contributed by atoms with Crippen LogP contribution >= 0.6 is 11.6 Å². The highest BCUT2D eigenvalue weighted by Gasteiger charge is 2.37. The van der Waals surface area contributed by atoms with E-state index in [1.54, 1.807) is 23.0 Å². The van der Waals surface area contributed by atoms with Crippen molar-refractivity contribution in [2.24, 2.45) is 0 Å². The third-order valence-corrected chi connectivity index (χ3v) is 14.0. The van der Waals surface area contributed by atoms with Gasteiger partial charge in [0.1, 0.15) is 24.3 Å². The van der Waals surface area contributed by atoms with Gasteiger partial charge in [-0.25, -0.2) is 4.98 Å². The van der Waals surface area contributed by atoms with Gasteiger partial charge in [-0.05, 0) is 49.3 Å². The molecule has 1 amide bonds. The molecule has 0 unspecified atom stereocenters. The molecule has 1 N–H and O–H groups in total. The van der Waals surface area contributed by atoms with E-state index in [1.807, 2.05) is 29.8 Å². The third kappa shape index (κ3) is 9.37. The highest BCUT2D eigenvalue weighted by atomic mass is 35.5. The highest BCUT2D eigenvalue weighted by Crippen LogP contribution is 2.37. The Kier molecular flexibility index (Phi) is 11.0. The second kappa shape index (κ2) is 13.7. The molecule has 0 fully saturated rings. The van der Waals surface area contributed by atoms with Gasteiger partial charge in [0.25, 0.3) is 5.91 Å². The Morgan fingerprint density at radius 3 is 2.52 bits per heavy atom. The number of nitriles is 1. The van der Waals surface area contributed by atoms with E-state index in [1.165, 1.54) is 0 Å². The molecule has 1 aromatic carbocycles. The molecule has 2 heterocycles. The van der Waals surface area contributed by atoms with E-state index < -0.39 is 16.4 Å². The topological polar surface area (TPSA) is 107 Å². The van der Waals surface area contributed by atoms with Gasteiger partial charge in [-0.3, -0.25) is 9.48 Å². The molecule has 1 atom stereocenters. The summed E-state index contributed by atoms with van der Waals surface area (Å²) < 4.78 is 16.1. The van der Waals surface area contributed by atoms with Crippen molar-refractivity contribution < 1.29 is 14.0 Å². The van der Waals surface area contributed by atoms with Gasteiger partial charge in [-0.1, -0.05) is 58.1 Å². The molecular formula is C30H45ClN6O3Si2. The van der Waals surface area contributed by atoms with Crippen LogP contribution in [0.2, 0.25) is 48.8 Å². The number of nitrogens with zero attached hydrogens (tertiary/aromatic N) is 5. The minimum absolute atomic E-state index is 0.0621. The first kappa shape index (κ1) is 33.7. The van der Waals surface area contributed by atoms with Crippen molar-refractivity contribution in [3.63, 3.8) is 0 Å². The van der Waals surface area contributed by atoms with E-state index in [4.69, 9.17) is 26.0 Å². The van der Waals surface area contributed by atoms with Gasteiger partial charge in [-0.2, -0.15) is 10.4 Å². The quantitative estimate of drug-likeness (QED) is 0.163. The molecule has 0 saturated carbocycles. The van der Waals surface area contributed by atoms with Crippen molar-refractivity contribution in [1.29, 1.82) is 5.26 Å². The van der Waals surface area contributed by atoms with Crippen LogP contribution in [0.5, 0.6) is 0 Å². The van der Waals surface area contributed by atoms with Gasteiger partial charge in [0.2, 0.25) is 0 Å². The van der Waals surface area contributed by atoms with E-state index in [2.05, 4.69) is 75.0 Å². The number of imidazole rings is 1. The first-order valence-electron chi connectivity index (χ1n) is 14.3. The monoisotopic (exact) mass is 628 g/mol. The van der Waals surface area contributed by atoms with Crippen LogP contribution in [0.3, 0.4) is 0 Å². The summed E-state index contributed by atoms with van der Waals surface area (Å²) in [6, 6.07) is 10.0. The highest BCUT2D eigenvalue weighted by molar-refractivity contribution is 6.76. The number of nitrogens with one attached hydrogen (secondary N) is 1. The molecule has 12 heteroatoms. The molecule has 9 nitrogen and oxygen atoms in total. The van der Waals surface area contributed by atoms with Crippen LogP contribution in [0.25, 0.3) is 11.3 Å². The molecule has 0 aliphatic rings. The number of halogens is 1. The first-order valence-corrected chi connectivity index (χ1v) is 21.3. The van der Waals surface area contributed by atoms with Crippen LogP contribution in [0.15, 0.2) is 36.7 Å². The Labute approximate surface area is 257 Å². The number of aromatic nitrogens is 4. The maximum Gasteiger partial charge on any atom is 0.271 e. The van der Waals surface area contributed by atoms with Crippen LogP contribution in [0.4, 0.5) is 0 Å². The van der Waals surface area contributed by atoms with E-state index in [0.29, 0.717) is 48.6 Å². The van der Waals surface area contributed by atoms with E-state index in [9.17, 15) is 4.79 Å². The number of rotatable bonds is 13. The van der Waals surface area contributed by atoms with Gasteiger partial charge in [-0.15, -0.1) is 0 Å². The van der Waals surface area contributed by atoms with Crippen molar-refractivity contribution in [2.45, 2.75) is 97.4 Å². The van der Waals surface area contributed by atoms with Gasteiger partial charge >= 0.3 is 0 Å². The molecule has 42 heavy (non-hydrogen) atoms. The van der Waals surface area contributed by atoms with Gasteiger partial charge in [0.05, 0.1) is 29.4 Å². The summed E-state index contributed by atoms with van der Waals surface area (Å²) in [6.45, 7) is 21.7. The lowest BCUT2D eigenvalue weighted by Crippen LogP contribution is -2.40. The second-order valence-electron chi connectivity index (χ2n) is 13.5. The summed E-state index contributed by atoms with van der Waals surface area (Å²) >= 11 is 6.19. The van der Waals surface area contributed by atoms with Crippen molar-refractivity contribution in [2.75, 3.05) is 6.61 Å². The van der Waals surface area contributed by atoms with E-state index >= 15 is 0 Å². The minimum Gasteiger partial charge on any atom is -0.409 e. The zero-order valence-electron chi connectivity index (χ0n) is 26.4. The molecule has 228 valence electrons. The summed E-state index contributed by atoms with van der Waals surface area (Å²) in [6.07, 6.45) is 3.61. The predicted octanol–water partition coefficient (Wildman–Crippen LogP) is 6.92. The first-order chi connectivity index (χ1) is 19.5. The van der Waals surface area contributed by atoms with E-state index in [-0.39, 0.29) is 17.0 Å². The summed E-state index contributed by atoms with van der Waals surface area (Å²) in [4.78, 5) is 17.9. The van der Waals surface area contributed by atoms with Crippen molar-refractivity contribution in [3.8, 4) is 17.3 Å². The van der Waals surface area contributed by atoms with Crippen molar-refractivity contribution in [1.82, 2.24) is 24.6 Å². The number of amides is 1. The van der Waals surface area contributed by atoms with E-state index in [0.717, 1.165) is 17.3 Å². The summed E-state index contributed by atoms with van der Waals surface area (Å²) in [5, 5.41) is 17.2. The molecular weight excluding hydrogens is 584 g/mol. The molecule has 0 spiro atoms. The Bertz CT molecular complexity index is 1420. The molecule has 0 bridgehead atoms. The molecule has 3 rings (SSSR count). The zero-order chi connectivity index (χ0) is 31.3. The van der Waals surface area contributed by atoms with Crippen LogP contribution in [0.1, 0.15) is 49.6 Å². The lowest BCUT2D eigenvalue weighted by atomic mass is 10.1. The summed E-state index contributed by atoms with van der Waals surface area (Å²) in [5.41, 5.74) is 2.31. The Morgan fingerprint density at radius 1 is 1.19 bits per heavy atom. The fourth-order valence-electron chi connectivity index (χ4n) is 3.80. The molecule has 0 radical (unpaired) electrons. The average molecular weight is 629 g/mol. The SMILES string of the molecule is C[C@@H](Cn1ccc(-c2ccc(C#N)c(Cl)c2)n1)NC(=O)c1cn(COCC[Si](C)(C)C)c(CO[Si](C)(C)C(C)(C)C)n1. The summed E-state index contributed by atoms with van der Waals surface area (Å²) in [7, 11) is -3.23. The van der Waals surface area contributed by atoms with Gasteiger partial charge in [0.15, 0.2) is 8.32 Å². The van der Waals surface area contributed by atoms with Crippen LogP contribution in [-0.4, -0.2) is 54.3 Å². The van der Waals surface area contributed by atoms with Crippen LogP contribution in [-0.2, 0) is 29.0 Å². The molecule has 0 saturated heterocycles. The number of ether oxygens (including phenoxy) is 1.